The third kappa shape index (κ3) is 3.56. The second-order valence-electron chi connectivity index (χ2n) is 6.10. The number of carbonyl (C=O) groups excluding carboxylic acids is 1. The fourth-order valence-corrected chi connectivity index (χ4v) is 3.16. The quantitative estimate of drug-likeness (QED) is 0.930. The van der Waals surface area contributed by atoms with E-state index in [1.165, 1.54) is 19.3 Å². The van der Waals surface area contributed by atoms with E-state index in [-0.39, 0.29) is 12.0 Å². The smallest absolute Gasteiger partial charge is 0.253 e. The first-order chi connectivity index (χ1) is 10.2. The van der Waals surface area contributed by atoms with E-state index in [1.807, 2.05) is 24.3 Å². The molecule has 1 aromatic carbocycles. The zero-order valence-electron chi connectivity index (χ0n) is 12.3. The largest absolute Gasteiger partial charge is 0.490 e. The topological polar surface area (TPSA) is 49.8 Å². The average molecular weight is 289 g/mol. The molecule has 1 saturated carbocycles. The van der Waals surface area contributed by atoms with Crippen LogP contribution in [0, 0.1) is 0 Å². The molecule has 114 valence electrons. The number of aliphatic hydroxyl groups is 1. The van der Waals surface area contributed by atoms with Crippen molar-refractivity contribution in [3.8, 4) is 5.75 Å². The minimum Gasteiger partial charge on any atom is -0.490 e. The summed E-state index contributed by atoms with van der Waals surface area (Å²) < 4.78 is 5.97. The van der Waals surface area contributed by atoms with Gasteiger partial charge in [-0.25, -0.2) is 0 Å². The number of rotatable bonds is 3. The number of benzene rings is 1. The Kier molecular flexibility index (Phi) is 4.44. The summed E-state index contributed by atoms with van der Waals surface area (Å²) in [6, 6.07) is 7.42. The van der Waals surface area contributed by atoms with Crippen molar-refractivity contribution in [2.45, 2.75) is 50.7 Å². The summed E-state index contributed by atoms with van der Waals surface area (Å²) in [5.41, 5.74) is 0.667. The van der Waals surface area contributed by atoms with E-state index in [0.29, 0.717) is 31.2 Å². The number of hydrogen-bond acceptors (Lipinski definition) is 3. The third-order valence-electron chi connectivity index (χ3n) is 4.41. The van der Waals surface area contributed by atoms with Gasteiger partial charge in [-0.1, -0.05) is 6.42 Å². The molecule has 2 fully saturated rings. The molecule has 1 heterocycles. The zero-order chi connectivity index (χ0) is 14.7. The molecule has 1 N–H and O–H groups in total. The van der Waals surface area contributed by atoms with Crippen molar-refractivity contribution in [2.75, 3.05) is 13.1 Å². The summed E-state index contributed by atoms with van der Waals surface area (Å²) in [5, 5.41) is 9.51. The number of nitrogens with zero attached hydrogens (tertiary/aromatic N) is 1. The van der Waals surface area contributed by atoms with Crippen molar-refractivity contribution in [1.29, 1.82) is 0 Å². The van der Waals surface area contributed by atoms with Crippen molar-refractivity contribution in [1.82, 2.24) is 4.90 Å². The maximum absolute atomic E-state index is 12.3. The first-order valence-corrected chi connectivity index (χ1v) is 7.96. The molecule has 0 aromatic heterocycles. The number of β-amino-alcohol motifs (C(OH)–C–C–N with tert-alkyl or cyclic N) is 1. The van der Waals surface area contributed by atoms with E-state index in [0.717, 1.165) is 18.6 Å². The van der Waals surface area contributed by atoms with Crippen LogP contribution in [-0.2, 0) is 0 Å². The highest BCUT2D eigenvalue weighted by Gasteiger charge is 2.25. The highest BCUT2D eigenvalue weighted by atomic mass is 16.5. The van der Waals surface area contributed by atoms with Crippen LogP contribution >= 0.6 is 0 Å². The van der Waals surface area contributed by atoms with Gasteiger partial charge in [-0.15, -0.1) is 0 Å². The Morgan fingerprint density at radius 2 is 1.81 bits per heavy atom. The molecule has 1 amide bonds. The number of carbonyl (C=O) groups is 1. The lowest BCUT2D eigenvalue weighted by Gasteiger charge is -2.23. The molecule has 1 aliphatic heterocycles. The molecule has 1 atom stereocenters. The molecule has 4 heteroatoms. The third-order valence-corrected chi connectivity index (χ3v) is 4.41. The fourth-order valence-electron chi connectivity index (χ4n) is 3.16. The van der Waals surface area contributed by atoms with Crippen LogP contribution < -0.4 is 4.74 Å². The summed E-state index contributed by atoms with van der Waals surface area (Å²) in [6.45, 7) is 1.08. The van der Waals surface area contributed by atoms with E-state index in [2.05, 4.69) is 0 Å². The molecule has 0 unspecified atom stereocenters. The van der Waals surface area contributed by atoms with Crippen LogP contribution in [0.5, 0.6) is 5.75 Å². The maximum atomic E-state index is 12.3. The minimum atomic E-state index is -0.372. The molecule has 0 bridgehead atoms. The zero-order valence-corrected chi connectivity index (χ0v) is 12.3. The molecule has 0 radical (unpaired) electrons. The number of aliphatic hydroxyl groups excluding tert-OH is 1. The van der Waals surface area contributed by atoms with Crippen LogP contribution in [0.3, 0.4) is 0 Å². The van der Waals surface area contributed by atoms with Gasteiger partial charge in [-0.2, -0.15) is 0 Å². The second kappa shape index (κ2) is 6.48. The van der Waals surface area contributed by atoms with Gasteiger partial charge in [-0.05, 0) is 56.4 Å². The lowest BCUT2D eigenvalue weighted by atomic mass is 9.98. The van der Waals surface area contributed by atoms with Crippen LogP contribution in [0.2, 0.25) is 0 Å². The Hall–Kier alpha value is -1.55. The van der Waals surface area contributed by atoms with E-state index in [4.69, 9.17) is 4.74 Å². The Balaban J connectivity index is 1.59. The lowest BCUT2D eigenvalue weighted by molar-refractivity contribution is 0.0765. The Labute approximate surface area is 125 Å². The molecule has 1 saturated heterocycles. The van der Waals surface area contributed by atoms with Crippen LogP contribution in [0.1, 0.15) is 48.9 Å². The summed E-state index contributed by atoms with van der Waals surface area (Å²) in [5.74, 6) is 0.843. The standard InChI is InChI=1S/C17H23NO3/c19-14-10-11-18(12-14)17(20)13-6-8-16(9-7-13)21-15-4-2-1-3-5-15/h6-9,14-15,19H,1-5,10-12H2/t14-/m1/s1. The van der Waals surface area contributed by atoms with Crippen LogP contribution in [0.15, 0.2) is 24.3 Å². The van der Waals surface area contributed by atoms with Crippen molar-refractivity contribution in [3.63, 3.8) is 0 Å². The fraction of sp³-hybridized carbons (Fsp3) is 0.588. The Morgan fingerprint density at radius 1 is 1.10 bits per heavy atom. The highest BCUT2D eigenvalue weighted by molar-refractivity contribution is 5.94. The van der Waals surface area contributed by atoms with E-state index < -0.39 is 0 Å². The number of likely N-dealkylation sites (tertiary alicyclic amines) is 1. The predicted octanol–water partition coefficient (Wildman–Crippen LogP) is 2.60. The van der Waals surface area contributed by atoms with Crippen LogP contribution in [-0.4, -0.2) is 41.2 Å². The second-order valence-corrected chi connectivity index (χ2v) is 6.10. The molecule has 1 aromatic rings. The number of hydrogen-bond donors (Lipinski definition) is 1. The molecule has 0 spiro atoms. The average Bonchev–Trinajstić information content (AvgIpc) is 2.95. The lowest BCUT2D eigenvalue weighted by Crippen LogP contribution is -2.29. The summed E-state index contributed by atoms with van der Waals surface area (Å²) in [6.07, 6.45) is 6.70. The molecule has 1 aliphatic carbocycles. The van der Waals surface area contributed by atoms with Gasteiger partial charge >= 0.3 is 0 Å². The van der Waals surface area contributed by atoms with Gasteiger partial charge < -0.3 is 14.7 Å². The monoisotopic (exact) mass is 289 g/mol. The van der Waals surface area contributed by atoms with Crippen molar-refractivity contribution in [3.05, 3.63) is 29.8 Å². The predicted molar refractivity (Wildman–Crippen MR) is 80.5 cm³/mol. The number of amides is 1. The van der Waals surface area contributed by atoms with Gasteiger partial charge in [0.2, 0.25) is 0 Å². The maximum Gasteiger partial charge on any atom is 0.253 e. The first kappa shape index (κ1) is 14.4. The van der Waals surface area contributed by atoms with Gasteiger partial charge in [0.05, 0.1) is 12.2 Å². The Bertz CT molecular complexity index is 479. The van der Waals surface area contributed by atoms with Crippen molar-refractivity contribution >= 4 is 5.91 Å². The first-order valence-electron chi connectivity index (χ1n) is 7.96. The molecule has 4 nitrogen and oxygen atoms in total. The van der Waals surface area contributed by atoms with Gasteiger partial charge in [0, 0.05) is 18.7 Å². The summed E-state index contributed by atoms with van der Waals surface area (Å²) >= 11 is 0. The summed E-state index contributed by atoms with van der Waals surface area (Å²) in [4.78, 5) is 14.0. The van der Waals surface area contributed by atoms with Crippen LogP contribution in [0.25, 0.3) is 0 Å². The molecular formula is C17H23NO3. The van der Waals surface area contributed by atoms with E-state index >= 15 is 0 Å². The van der Waals surface area contributed by atoms with Gasteiger partial charge in [0.25, 0.3) is 5.91 Å². The minimum absolute atomic E-state index is 0.00392. The van der Waals surface area contributed by atoms with Crippen molar-refractivity contribution < 1.29 is 14.6 Å². The normalized spacial score (nSPS) is 23.3. The van der Waals surface area contributed by atoms with Gasteiger partial charge in [0.1, 0.15) is 5.75 Å². The molecule has 3 rings (SSSR count). The van der Waals surface area contributed by atoms with Crippen LogP contribution in [0.4, 0.5) is 0 Å². The Morgan fingerprint density at radius 3 is 2.43 bits per heavy atom. The molecular weight excluding hydrogens is 266 g/mol. The molecule has 21 heavy (non-hydrogen) atoms. The highest BCUT2D eigenvalue weighted by Crippen LogP contribution is 2.24. The number of ether oxygens (including phenoxy) is 1. The SMILES string of the molecule is O=C(c1ccc(OC2CCCCC2)cc1)N1CC[C@@H](O)C1. The van der Waals surface area contributed by atoms with E-state index in [1.54, 1.807) is 4.90 Å². The molecule has 2 aliphatic rings. The van der Waals surface area contributed by atoms with E-state index in [9.17, 15) is 9.90 Å². The summed E-state index contributed by atoms with van der Waals surface area (Å²) in [7, 11) is 0. The van der Waals surface area contributed by atoms with Gasteiger partial charge in [-0.3, -0.25) is 4.79 Å². The van der Waals surface area contributed by atoms with Gasteiger partial charge in [0.15, 0.2) is 0 Å². The van der Waals surface area contributed by atoms with Crippen molar-refractivity contribution in [2.24, 2.45) is 0 Å².